The van der Waals surface area contributed by atoms with Crippen LogP contribution in [0.3, 0.4) is 0 Å². The average molecular weight is 446 g/mol. The van der Waals surface area contributed by atoms with Gasteiger partial charge < -0.3 is 19.5 Å². The van der Waals surface area contributed by atoms with Crippen LogP contribution in [0.5, 0.6) is 5.75 Å². The fraction of sp³-hybridized carbons (Fsp3) is 0.500. The van der Waals surface area contributed by atoms with Crippen LogP contribution in [-0.4, -0.2) is 39.3 Å². The zero-order valence-corrected chi connectivity index (χ0v) is 19.7. The highest BCUT2D eigenvalue weighted by Crippen LogP contribution is 2.44. The molecule has 1 aliphatic rings. The number of amides is 1. The Hall–Kier alpha value is -2.38. The number of esters is 1. The number of carbonyl (C=O) groups excluding carboxylic acids is 2. The third kappa shape index (κ3) is 5.46. The van der Waals surface area contributed by atoms with Crippen LogP contribution >= 0.6 is 11.3 Å². The number of hydrogen-bond acceptors (Lipinski definition) is 6. The zero-order valence-electron chi connectivity index (χ0n) is 18.9. The summed E-state index contributed by atoms with van der Waals surface area (Å²) in [5.74, 6) is 0.547. The van der Waals surface area contributed by atoms with Gasteiger partial charge in [0.15, 0.2) is 0 Å². The Balaban J connectivity index is 1.80. The number of methoxy groups -OCH3 is 2. The molecule has 0 aliphatic heterocycles. The van der Waals surface area contributed by atoms with E-state index in [-0.39, 0.29) is 11.3 Å². The molecule has 168 valence electrons. The van der Waals surface area contributed by atoms with E-state index in [4.69, 9.17) is 14.2 Å². The summed E-state index contributed by atoms with van der Waals surface area (Å²) in [6.07, 6.45) is 2.76. The number of ether oxygens (including phenoxy) is 3. The molecule has 0 spiro atoms. The molecule has 0 bridgehead atoms. The third-order valence-electron chi connectivity index (χ3n) is 5.78. The Morgan fingerprint density at radius 1 is 1.13 bits per heavy atom. The second kappa shape index (κ2) is 9.83. The molecule has 0 saturated heterocycles. The Kier molecular flexibility index (Phi) is 7.38. The number of carbonyl (C=O) groups is 2. The molecule has 2 aromatic rings. The summed E-state index contributed by atoms with van der Waals surface area (Å²) in [6.45, 7) is 7.70. The molecule has 1 aromatic carbocycles. The Labute approximate surface area is 187 Å². The summed E-state index contributed by atoms with van der Waals surface area (Å²) in [5, 5.41) is 3.51. The predicted octanol–water partition coefficient (Wildman–Crippen LogP) is 4.96. The van der Waals surface area contributed by atoms with Gasteiger partial charge in [0.1, 0.15) is 17.4 Å². The van der Waals surface area contributed by atoms with Gasteiger partial charge >= 0.3 is 5.97 Å². The SMILES string of the molecule is COCCOc1ccc(C(=O)Nc2sc3c(c2C(=O)OC)CCC(C(C)(C)C)C3)cc1. The van der Waals surface area contributed by atoms with Crippen LogP contribution in [0.2, 0.25) is 0 Å². The van der Waals surface area contributed by atoms with Crippen LogP contribution in [0.15, 0.2) is 24.3 Å². The largest absolute Gasteiger partial charge is 0.491 e. The van der Waals surface area contributed by atoms with Crippen molar-refractivity contribution in [1.29, 1.82) is 0 Å². The second-order valence-corrected chi connectivity index (χ2v) is 9.93. The minimum atomic E-state index is -0.399. The van der Waals surface area contributed by atoms with Crippen molar-refractivity contribution >= 4 is 28.2 Å². The number of anilines is 1. The zero-order chi connectivity index (χ0) is 22.6. The van der Waals surface area contributed by atoms with Gasteiger partial charge in [0.2, 0.25) is 0 Å². The molecule has 0 saturated carbocycles. The van der Waals surface area contributed by atoms with Gasteiger partial charge in [-0.2, -0.15) is 0 Å². The van der Waals surface area contributed by atoms with Crippen LogP contribution < -0.4 is 10.1 Å². The fourth-order valence-corrected chi connectivity index (χ4v) is 5.16. The second-order valence-electron chi connectivity index (χ2n) is 8.83. The summed E-state index contributed by atoms with van der Waals surface area (Å²) in [6, 6.07) is 6.91. The lowest BCUT2D eigenvalue weighted by Gasteiger charge is -2.33. The molecular weight excluding hydrogens is 414 g/mol. The van der Waals surface area contributed by atoms with Crippen LogP contribution in [0.4, 0.5) is 5.00 Å². The van der Waals surface area contributed by atoms with Crippen molar-refractivity contribution in [2.24, 2.45) is 11.3 Å². The molecule has 1 aromatic heterocycles. The van der Waals surface area contributed by atoms with E-state index in [1.165, 1.54) is 23.3 Å². The normalized spacial score (nSPS) is 15.8. The molecule has 1 N–H and O–H groups in total. The molecule has 0 radical (unpaired) electrons. The van der Waals surface area contributed by atoms with Crippen molar-refractivity contribution < 1.29 is 23.8 Å². The predicted molar refractivity (Wildman–Crippen MR) is 122 cm³/mol. The number of rotatable bonds is 7. The highest BCUT2D eigenvalue weighted by molar-refractivity contribution is 7.17. The van der Waals surface area contributed by atoms with Crippen molar-refractivity contribution in [3.05, 3.63) is 45.8 Å². The third-order valence-corrected chi connectivity index (χ3v) is 6.95. The van der Waals surface area contributed by atoms with Crippen LogP contribution in [-0.2, 0) is 22.3 Å². The van der Waals surface area contributed by atoms with Gasteiger partial charge in [-0.05, 0) is 60.4 Å². The van der Waals surface area contributed by atoms with Gasteiger partial charge in [-0.15, -0.1) is 11.3 Å². The average Bonchev–Trinajstić information content (AvgIpc) is 3.10. The van der Waals surface area contributed by atoms with Gasteiger partial charge in [-0.3, -0.25) is 4.79 Å². The van der Waals surface area contributed by atoms with Gasteiger partial charge in [0.25, 0.3) is 5.91 Å². The van der Waals surface area contributed by atoms with Crippen molar-refractivity contribution in [2.75, 3.05) is 32.8 Å². The minimum absolute atomic E-state index is 0.198. The van der Waals surface area contributed by atoms with Gasteiger partial charge in [0.05, 0.1) is 19.3 Å². The van der Waals surface area contributed by atoms with Gasteiger partial charge in [-0.25, -0.2) is 4.79 Å². The monoisotopic (exact) mass is 445 g/mol. The van der Waals surface area contributed by atoms with E-state index < -0.39 is 5.97 Å². The first-order valence-electron chi connectivity index (χ1n) is 10.5. The molecule has 31 heavy (non-hydrogen) atoms. The van der Waals surface area contributed by atoms with E-state index in [0.29, 0.717) is 41.0 Å². The maximum absolute atomic E-state index is 12.9. The lowest BCUT2D eigenvalue weighted by Crippen LogP contribution is -2.26. The smallest absolute Gasteiger partial charge is 0.341 e. The standard InChI is InChI=1S/C24H31NO5S/c1-24(2,3)16-8-11-18-19(14-16)31-22(20(18)23(27)29-5)25-21(26)15-6-9-17(10-7-15)30-13-12-28-4/h6-7,9-10,16H,8,11-14H2,1-5H3,(H,25,26). The van der Waals surface area contributed by atoms with Crippen molar-refractivity contribution in [2.45, 2.75) is 40.0 Å². The summed E-state index contributed by atoms with van der Waals surface area (Å²) < 4.78 is 15.5. The van der Waals surface area contributed by atoms with Crippen LogP contribution in [0.25, 0.3) is 0 Å². The summed E-state index contributed by atoms with van der Waals surface area (Å²) in [5.41, 5.74) is 2.22. The fourth-order valence-electron chi connectivity index (χ4n) is 3.85. The topological polar surface area (TPSA) is 73.9 Å². The number of fused-ring (bicyclic) bond motifs is 1. The summed E-state index contributed by atoms with van der Waals surface area (Å²) >= 11 is 1.49. The number of thiophene rings is 1. The van der Waals surface area contributed by atoms with E-state index >= 15 is 0 Å². The number of benzene rings is 1. The molecule has 1 heterocycles. The number of nitrogens with one attached hydrogen (secondary N) is 1. The lowest BCUT2D eigenvalue weighted by molar-refractivity contribution is 0.0600. The van der Waals surface area contributed by atoms with E-state index in [9.17, 15) is 9.59 Å². The quantitative estimate of drug-likeness (QED) is 0.481. The first-order valence-corrected chi connectivity index (χ1v) is 11.3. The van der Waals surface area contributed by atoms with Crippen molar-refractivity contribution in [3.63, 3.8) is 0 Å². The minimum Gasteiger partial charge on any atom is -0.491 e. The molecule has 6 nitrogen and oxygen atoms in total. The molecule has 1 amide bonds. The molecule has 0 fully saturated rings. The maximum atomic E-state index is 12.9. The maximum Gasteiger partial charge on any atom is 0.341 e. The number of hydrogen-bond donors (Lipinski definition) is 1. The van der Waals surface area contributed by atoms with Crippen LogP contribution in [0, 0.1) is 11.3 Å². The van der Waals surface area contributed by atoms with Crippen molar-refractivity contribution in [3.8, 4) is 5.75 Å². The highest BCUT2D eigenvalue weighted by Gasteiger charge is 2.34. The Morgan fingerprint density at radius 2 is 1.84 bits per heavy atom. The first kappa shape index (κ1) is 23.3. The molecule has 7 heteroatoms. The van der Waals surface area contributed by atoms with Crippen molar-refractivity contribution in [1.82, 2.24) is 0 Å². The van der Waals surface area contributed by atoms with Gasteiger partial charge in [0, 0.05) is 17.6 Å². The van der Waals surface area contributed by atoms with E-state index in [1.807, 2.05) is 0 Å². The highest BCUT2D eigenvalue weighted by atomic mass is 32.1. The van der Waals surface area contributed by atoms with E-state index in [1.54, 1.807) is 31.4 Å². The molecule has 1 aliphatic carbocycles. The van der Waals surface area contributed by atoms with E-state index in [2.05, 4.69) is 26.1 Å². The Morgan fingerprint density at radius 3 is 2.45 bits per heavy atom. The van der Waals surface area contributed by atoms with Crippen LogP contribution in [0.1, 0.15) is 58.3 Å². The summed E-state index contributed by atoms with van der Waals surface area (Å²) in [7, 11) is 2.99. The molecule has 1 unspecified atom stereocenters. The van der Waals surface area contributed by atoms with E-state index in [0.717, 1.165) is 24.8 Å². The lowest BCUT2D eigenvalue weighted by atomic mass is 9.72. The molecular formula is C24H31NO5S. The Bertz CT molecular complexity index is 927. The van der Waals surface area contributed by atoms with Gasteiger partial charge in [-0.1, -0.05) is 20.8 Å². The molecule has 3 rings (SSSR count). The summed E-state index contributed by atoms with van der Waals surface area (Å²) in [4.78, 5) is 26.6. The first-order chi connectivity index (χ1) is 14.7. The molecule has 1 atom stereocenters.